The van der Waals surface area contributed by atoms with Crippen molar-refractivity contribution in [3.05, 3.63) is 60.2 Å². The Kier molecular flexibility index (Phi) is 4.24. The van der Waals surface area contributed by atoms with E-state index in [4.69, 9.17) is 0 Å². The Labute approximate surface area is 142 Å². The van der Waals surface area contributed by atoms with Crippen LogP contribution in [-0.4, -0.2) is 18.6 Å². The fraction of sp³-hybridized carbons (Fsp3) is 0.238. The average molecular weight is 316 g/mol. The number of hydrogen-bond acceptors (Lipinski definition) is 2. The van der Waals surface area contributed by atoms with E-state index in [9.17, 15) is 0 Å². The summed E-state index contributed by atoms with van der Waals surface area (Å²) in [5, 5.41) is 9.50. The minimum absolute atomic E-state index is 1.04. The smallest absolute Gasteiger partial charge is 0.267 e. The van der Waals surface area contributed by atoms with E-state index in [1.54, 1.807) is 0 Å². The van der Waals surface area contributed by atoms with E-state index in [1.165, 1.54) is 46.4 Å². The second-order valence-electron chi connectivity index (χ2n) is 6.32. The van der Waals surface area contributed by atoms with Crippen molar-refractivity contribution in [3.63, 3.8) is 0 Å². The maximum absolute atomic E-state index is 4.53. The van der Waals surface area contributed by atoms with Crippen LogP contribution >= 0.6 is 0 Å². The molecule has 0 unspecified atom stereocenters. The highest BCUT2D eigenvalue weighted by atomic mass is 15.3. The van der Waals surface area contributed by atoms with E-state index < -0.39 is 0 Å². The Morgan fingerprint density at radius 2 is 1.58 bits per heavy atom. The van der Waals surface area contributed by atoms with Crippen molar-refractivity contribution >= 4 is 33.6 Å². The normalized spacial score (nSPS) is 15.6. The predicted molar refractivity (Wildman–Crippen MR) is 101 cm³/mol. The molecule has 3 aromatic rings. The van der Waals surface area contributed by atoms with Crippen molar-refractivity contribution in [1.29, 1.82) is 0 Å². The summed E-state index contributed by atoms with van der Waals surface area (Å²) in [7, 11) is 0. The molecule has 0 bridgehead atoms. The highest BCUT2D eigenvalue weighted by molar-refractivity contribution is 6.13. The third-order valence-corrected chi connectivity index (χ3v) is 4.65. The topological polar surface area (TPSA) is 38.4 Å². The molecule has 0 radical (unpaired) electrons. The third kappa shape index (κ3) is 3.02. The number of rotatable bonds is 2. The lowest BCUT2D eigenvalue weighted by atomic mass is 9.97. The van der Waals surface area contributed by atoms with Crippen LogP contribution < -0.4 is 10.4 Å². The monoisotopic (exact) mass is 316 g/mol. The van der Waals surface area contributed by atoms with Crippen LogP contribution in [0, 0.1) is 0 Å². The molecule has 0 amide bonds. The van der Waals surface area contributed by atoms with Gasteiger partial charge in [0.25, 0.3) is 5.84 Å². The number of nitrogens with zero attached hydrogens (tertiary/aromatic N) is 1. The van der Waals surface area contributed by atoms with Gasteiger partial charge in [0.15, 0.2) is 0 Å². The summed E-state index contributed by atoms with van der Waals surface area (Å²) < 4.78 is 0. The van der Waals surface area contributed by atoms with Gasteiger partial charge in [-0.05, 0) is 46.9 Å². The summed E-state index contributed by atoms with van der Waals surface area (Å²) in [4.78, 5) is 3.43. The van der Waals surface area contributed by atoms with Gasteiger partial charge in [-0.3, -0.25) is 4.99 Å². The first-order chi connectivity index (χ1) is 11.9. The zero-order chi connectivity index (χ0) is 16.2. The lowest BCUT2D eigenvalue weighted by Gasteiger charge is -2.07. The fourth-order valence-corrected chi connectivity index (χ4v) is 3.39. The van der Waals surface area contributed by atoms with Crippen molar-refractivity contribution in [3.8, 4) is 0 Å². The van der Waals surface area contributed by atoms with Crippen LogP contribution in [0.4, 0.5) is 0 Å². The highest BCUT2D eigenvalue weighted by Crippen LogP contribution is 2.27. The van der Waals surface area contributed by atoms with Crippen LogP contribution in [0.5, 0.6) is 0 Å². The van der Waals surface area contributed by atoms with E-state index in [2.05, 4.69) is 70.1 Å². The van der Waals surface area contributed by atoms with Gasteiger partial charge in [0, 0.05) is 5.56 Å². The molecule has 0 aromatic heterocycles. The van der Waals surface area contributed by atoms with E-state index in [0.29, 0.717) is 0 Å². The number of benzene rings is 3. The molecule has 0 saturated heterocycles. The molecule has 1 aliphatic heterocycles. The average Bonchev–Trinajstić information content (AvgIpc) is 2.90. The first-order valence-corrected chi connectivity index (χ1v) is 8.71. The SMILES string of the molecule is C(=N/NC1=[NH+]CCCCC1)/c1c2ccccc2cc2ccccc12. The van der Waals surface area contributed by atoms with E-state index in [-0.39, 0.29) is 0 Å². The first-order valence-electron chi connectivity index (χ1n) is 8.71. The van der Waals surface area contributed by atoms with Crippen LogP contribution in [0.3, 0.4) is 0 Å². The number of fused-ring (bicyclic) bond motifs is 2. The van der Waals surface area contributed by atoms with Crippen molar-refractivity contribution in [2.45, 2.75) is 25.7 Å². The van der Waals surface area contributed by atoms with Crippen LogP contribution in [0.15, 0.2) is 59.7 Å². The number of hydrazone groups is 1. The number of nitrogens with one attached hydrogen (secondary N) is 2. The molecule has 0 spiro atoms. The Balaban J connectivity index is 1.73. The molecule has 0 saturated carbocycles. The lowest BCUT2D eigenvalue weighted by Crippen LogP contribution is -2.75. The number of hydrogen-bond donors (Lipinski definition) is 2. The van der Waals surface area contributed by atoms with E-state index in [0.717, 1.165) is 18.8 Å². The molecule has 1 aliphatic rings. The van der Waals surface area contributed by atoms with Crippen molar-refractivity contribution in [2.24, 2.45) is 5.10 Å². The minimum atomic E-state index is 1.04. The molecular weight excluding hydrogens is 294 g/mol. The Morgan fingerprint density at radius 1 is 0.875 bits per heavy atom. The molecule has 0 atom stereocenters. The van der Waals surface area contributed by atoms with Gasteiger partial charge in [-0.1, -0.05) is 53.6 Å². The van der Waals surface area contributed by atoms with Crippen LogP contribution in [0.1, 0.15) is 31.2 Å². The summed E-state index contributed by atoms with van der Waals surface area (Å²) >= 11 is 0. The quantitative estimate of drug-likeness (QED) is 0.426. The standard InChI is InChI=1S/C21H21N3/c1-2-12-21(22-13-7-1)24-23-15-20-18-10-5-3-8-16(18)14-17-9-4-6-11-19(17)20/h3-6,8-11,14-15H,1-2,7,12-13H2,(H,22,24)/p+1/b23-15-. The van der Waals surface area contributed by atoms with Gasteiger partial charge >= 0.3 is 0 Å². The van der Waals surface area contributed by atoms with Gasteiger partial charge in [0.05, 0.1) is 19.2 Å². The fourth-order valence-electron chi connectivity index (χ4n) is 3.39. The van der Waals surface area contributed by atoms with Crippen molar-refractivity contribution in [2.75, 3.05) is 6.54 Å². The summed E-state index contributed by atoms with van der Waals surface area (Å²) in [6.45, 7) is 1.04. The van der Waals surface area contributed by atoms with Gasteiger partial charge in [-0.15, -0.1) is 0 Å². The highest BCUT2D eigenvalue weighted by Gasteiger charge is 2.09. The maximum Gasteiger partial charge on any atom is 0.267 e. The Hall–Kier alpha value is -2.68. The molecule has 3 nitrogen and oxygen atoms in total. The van der Waals surface area contributed by atoms with E-state index >= 15 is 0 Å². The molecule has 2 N–H and O–H groups in total. The summed E-state index contributed by atoms with van der Waals surface area (Å²) in [5.41, 5.74) is 4.39. The predicted octanol–water partition coefficient (Wildman–Crippen LogP) is 2.97. The second-order valence-corrected chi connectivity index (χ2v) is 6.32. The molecule has 24 heavy (non-hydrogen) atoms. The lowest BCUT2D eigenvalue weighted by molar-refractivity contribution is -0.459. The largest absolute Gasteiger partial charge is 0.277 e. The molecular formula is C21H22N3+. The van der Waals surface area contributed by atoms with Crippen molar-refractivity contribution in [1.82, 2.24) is 5.43 Å². The first kappa shape index (κ1) is 14.9. The Bertz CT molecular complexity index is 871. The van der Waals surface area contributed by atoms with Gasteiger partial charge < -0.3 is 0 Å². The van der Waals surface area contributed by atoms with Crippen molar-refractivity contribution < 1.29 is 4.99 Å². The molecule has 3 heteroatoms. The Morgan fingerprint density at radius 3 is 2.33 bits per heavy atom. The van der Waals surface area contributed by atoms with Gasteiger partial charge in [0.2, 0.25) is 0 Å². The molecule has 120 valence electrons. The third-order valence-electron chi connectivity index (χ3n) is 4.65. The minimum Gasteiger partial charge on any atom is -0.277 e. The zero-order valence-electron chi connectivity index (χ0n) is 13.8. The molecule has 1 heterocycles. The second kappa shape index (κ2) is 6.83. The maximum atomic E-state index is 4.53. The van der Waals surface area contributed by atoms with E-state index in [1.807, 2.05) is 6.21 Å². The summed E-state index contributed by atoms with van der Waals surface area (Å²) in [6.07, 6.45) is 6.76. The molecule has 0 aliphatic carbocycles. The molecule has 4 rings (SSSR count). The van der Waals surface area contributed by atoms with Crippen LogP contribution in [0.25, 0.3) is 21.5 Å². The molecule has 0 fully saturated rings. The molecule has 3 aromatic carbocycles. The van der Waals surface area contributed by atoms with Gasteiger partial charge in [-0.2, -0.15) is 5.43 Å². The van der Waals surface area contributed by atoms with Crippen LogP contribution in [-0.2, 0) is 0 Å². The van der Waals surface area contributed by atoms with Crippen LogP contribution in [0.2, 0.25) is 0 Å². The summed E-state index contributed by atoms with van der Waals surface area (Å²) in [5.74, 6) is 1.13. The van der Waals surface area contributed by atoms with Gasteiger partial charge in [-0.25, -0.2) is 0 Å². The number of amidine groups is 1. The summed E-state index contributed by atoms with van der Waals surface area (Å²) in [6, 6.07) is 19.2. The zero-order valence-corrected chi connectivity index (χ0v) is 13.8. The van der Waals surface area contributed by atoms with Gasteiger partial charge in [0.1, 0.15) is 0 Å².